The number of hydrogen-bond donors (Lipinski definition) is 1. The molecule has 1 saturated heterocycles. The standard InChI is InChI=1S/C19H21FN4O3/c1-11-7-13-15(9-22-19(13)25)23-18(11)24-6-5-16(14(20)10-24)27-12-3-4-17(26-2)21-8-12/h3-4,7-8,14,16H,5-6,9-10H2,1-2H3,(H,22,25)/t14-,16-/m1/s1. The number of anilines is 1. The summed E-state index contributed by atoms with van der Waals surface area (Å²) in [5.41, 5.74) is 2.20. The molecule has 4 heterocycles. The number of aryl methyl sites for hydroxylation is 1. The molecule has 27 heavy (non-hydrogen) atoms. The number of ether oxygens (including phenoxy) is 2. The van der Waals surface area contributed by atoms with Gasteiger partial charge in [0.2, 0.25) is 5.88 Å². The minimum atomic E-state index is -1.16. The third-order valence-corrected chi connectivity index (χ3v) is 4.91. The predicted octanol–water partition coefficient (Wildman–Crippen LogP) is 2.03. The van der Waals surface area contributed by atoms with Crippen LogP contribution in [0.4, 0.5) is 10.2 Å². The monoisotopic (exact) mass is 372 g/mol. The normalized spacial score (nSPS) is 21.6. The number of aromatic nitrogens is 2. The van der Waals surface area contributed by atoms with Crippen molar-refractivity contribution in [3.8, 4) is 11.6 Å². The van der Waals surface area contributed by atoms with Gasteiger partial charge in [-0.15, -0.1) is 0 Å². The van der Waals surface area contributed by atoms with E-state index < -0.39 is 12.3 Å². The van der Waals surface area contributed by atoms with Crippen LogP contribution in [0.3, 0.4) is 0 Å². The topological polar surface area (TPSA) is 76.6 Å². The number of alkyl halides is 1. The highest BCUT2D eigenvalue weighted by Crippen LogP contribution is 2.28. The maximum atomic E-state index is 14.8. The molecule has 2 aromatic heterocycles. The Hall–Kier alpha value is -2.90. The largest absolute Gasteiger partial charge is 0.486 e. The fourth-order valence-electron chi connectivity index (χ4n) is 3.49. The summed E-state index contributed by atoms with van der Waals surface area (Å²) in [7, 11) is 1.54. The van der Waals surface area contributed by atoms with Gasteiger partial charge in [0.15, 0.2) is 6.17 Å². The maximum Gasteiger partial charge on any atom is 0.253 e. The maximum absolute atomic E-state index is 14.8. The molecule has 2 aliphatic rings. The zero-order valence-corrected chi connectivity index (χ0v) is 15.2. The molecule has 0 spiro atoms. The molecular weight excluding hydrogens is 351 g/mol. The molecule has 2 aromatic rings. The van der Waals surface area contributed by atoms with Crippen molar-refractivity contribution in [3.05, 3.63) is 41.2 Å². The summed E-state index contributed by atoms with van der Waals surface area (Å²) in [6.45, 7) is 3.14. The number of nitrogens with zero attached hydrogens (tertiary/aromatic N) is 3. The highest BCUT2D eigenvalue weighted by atomic mass is 19.1. The van der Waals surface area contributed by atoms with Crippen LogP contribution in [-0.2, 0) is 6.54 Å². The molecule has 0 radical (unpaired) electrons. The number of methoxy groups -OCH3 is 1. The van der Waals surface area contributed by atoms with Crippen LogP contribution in [0.5, 0.6) is 11.6 Å². The van der Waals surface area contributed by atoms with Crippen molar-refractivity contribution in [2.75, 3.05) is 25.1 Å². The number of nitrogens with one attached hydrogen (secondary N) is 1. The number of halogens is 1. The van der Waals surface area contributed by atoms with E-state index in [1.807, 2.05) is 17.9 Å². The van der Waals surface area contributed by atoms with Gasteiger partial charge in [-0.1, -0.05) is 0 Å². The Morgan fingerprint density at radius 3 is 2.93 bits per heavy atom. The summed E-state index contributed by atoms with van der Waals surface area (Å²) in [6.07, 6.45) is 0.376. The molecule has 1 amide bonds. The van der Waals surface area contributed by atoms with Crippen molar-refractivity contribution in [2.45, 2.75) is 32.2 Å². The Bertz CT molecular complexity index is 859. The van der Waals surface area contributed by atoms with Gasteiger partial charge in [0.25, 0.3) is 5.91 Å². The van der Waals surface area contributed by atoms with Crippen molar-refractivity contribution >= 4 is 11.7 Å². The van der Waals surface area contributed by atoms with Crippen LogP contribution in [-0.4, -0.2) is 48.4 Å². The fraction of sp³-hybridized carbons (Fsp3) is 0.421. The van der Waals surface area contributed by atoms with Crippen molar-refractivity contribution in [3.63, 3.8) is 0 Å². The fourth-order valence-corrected chi connectivity index (χ4v) is 3.49. The number of pyridine rings is 2. The van der Waals surface area contributed by atoms with Crippen LogP contribution in [0, 0.1) is 6.92 Å². The lowest BCUT2D eigenvalue weighted by Gasteiger charge is -2.36. The van der Waals surface area contributed by atoms with Gasteiger partial charge < -0.3 is 19.7 Å². The molecule has 8 heteroatoms. The van der Waals surface area contributed by atoms with Gasteiger partial charge >= 0.3 is 0 Å². The summed E-state index contributed by atoms with van der Waals surface area (Å²) in [5, 5.41) is 2.76. The second-order valence-corrected chi connectivity index (χ2v) is 6.75. The van der Waals surface area contributed by atoms with Gasteiger partial charge in [0.1, 0.15) is 17.7 Å². The van der Waals surface area contributed by atoms with Crippen molar-refractivity contribution in [2.24, 2.45) is 0 Å². The summed E-state index contributed by atoms with van der Waals surface area (Å²) in [5.74, 6) is 1.64. The first-order chi connectivity index (χ1) is 13.0. The van der Waals surface area contributed by atoms with Crippen LogP contribution in [0.25, 0.3) is 0 Å². The van der Waals surface area contributed by atoms with Gasteiger partial charge in [-0.2, -0.15) is 0 Å². The molecule has 7 nitrogen and oxygen atoms in total. The zero-order valence-electron chi connectivity index (χ0n) is 15.2. The number of carbonyl (C=O) groups excluding carboxylic acids is 1. The molecule has 0 aliphatic carbocycles. The molecule has 142 valence electrons. The van der Waals surface area contributed by atoms with Crippen LogP contribution in [0.15, 0.2) is 24.4 Å². The smallest absolute Gasteiger partial charge is 0.253 e. The molecule has 0 bridgehead atoms. The average Bonchev–Trinajstić information content (AvgIpc) is 3.03. The summed E-state index contributed by atoms with van der Waals surface area (Å²) in [6, 6.07) is 5.24. The van der Waals surface area contributed by atoms with Crippen molar-refractivity contribution < 1.29 is 18.7 Å². The van der Waals surface area contributed by atoms with Crippen LogP contribution < -0.4 is 19.7 Å². The first-order valence-electron chi connectivity index (χ1n) is 8.89. The van der Waals surface area contributed by atoms with E-state index in [0.29, 0.717) is 36.7 Å². The van der Waals surface area contributed by atoms with Crippen LogP contribution >= 0.6 is 0 Å². The van der Waals surface area contributed by atoms with E-state index in [2.05, 4.69) is 15.3 Å². The van der Waals surface area contributed by atoms with E-state index >= 15 is 0 Å². The molecule has 0 unspecified atom stereocenters. The molecular formula is C19H21FN4O3. The second-order valence-electron chi connectivity index (χ2n) is 6.75. The van der Waals surface area contributed by atoms with Crippen molar-refractivity contribution in [1.29, 1.82) is 0 Å². The highest BCUT2D eigenvalue weighted by molar-refractivity contribution is 5.98. The second kappa shape index (κ2) is 7.02. The SMILES string of the molecule is COc1ccc(O[C@@H]2CCN(c3nc4c(cc3C)C(=O)NC4)C[C@H]2F)cn1. The van der Waals surface area contributed by atoms with E-state index in [1.165, 1.54) is 13.3 Å². The van der Waals surface area contributed by atoms with E-state index in [0.717, 1.165) is 17.1 Å². The number of rotatable bonds is 4. The number of carbonyl (C=O) groups is 1. The molecule has 1 N–H and O–H groups in total. The Morgan fingerprint density at radius 1 is 1.37 bits per heavy atom. The lowest BCUT2D eigenvalue weighted by Crippen LogP contribution is -2.47. The Kier molecular flexibility index (Phi) is 4.55. The average molecular weight is 372 g/mol. The number of hydrogen-bond acceptors (Lipinski definition) is 6. The summed E-state index contributed by atoms with van der Waals surface area (Å²) >= 11 is 0. The predicted molar refractivity (Wildman–Crippen MR) is 97.1 cm³/mol. The van der Waals surface area contributed by atoms with E-state index in [-0.39, 0.29) is 12.5 Å². The summed E-state index contributed by atoms with van der Waals surface area (Å²) < 4.78 is 25.6. The van der Waals surface area contributed by atoms with Crippen molar-refractivity contribution in [1.82, 2.24) is 15.3 Å². The molecule has 0 aromatic carbocycles. The molecule has 1 fully saturated rings. The van der Waals surface area contributed by atoms with E-state index in [4.69, 9.17) is 9.47 Å². The quantitative estimate of drug-likeness (QED) is 0.885. The minimum absolute atomic E-state index is 0.101. The molecule has 0 saturated carbocycles. The van der Waals surface area contributed by atoms with Gasteiger partial charge in [0, 0.05) is 19.0 Å². The first kappa shape index (κ1) is 17.5. The minimum Gasteiger partial charge on any atom is -0.486 e. The number of amides is 1. The van der Waals surface area contributed by atoms with E-state index in [9.17, 15) is 9.18 Å². The zero-order chi connectivity index (χ0) is 19.0. The van der Waals surface area contributed by atoms with Crippen LogP contribution in [0.2, 0.25) is 0 Å². The lowest BCUT2D eigenvalue weighted by atomic mass is 10.0. The lowest BCUT2D eigenvalue weighted by molar-refractivity contribution is 0.0814. The Morgan fingerprint density at radius 2 is 2.22 bits per heavy atom. The third-order valence-electron chi connectivity index (χ3n) is 4.91. The summed E-state index contributed by atoms with van der Waals surface area (Å²) in [4.78, 5) is 22.4. The van der Waals surface area contributed by atoms with E-state index in [1.54, 1.807) is 12.1 Å². The van der Waals surface area contributed by atoms with Gasteiger partial charge in [0.05, 0.1) is 37.7 Å². The number of piperidine rings is 1. The van der Waals surface area contributed by atoms with Crippen LogP contribution in [0.1, 0.15) is 28.0 Å². The molecule has 2 atom stereocenters. The third kappa shape index (κ3) is 3.39. The van der Waals surface area contributed by atoms with Gasteiger partial charge in [-0.05, 0) is 24.6 Å². The van der Waals surface area contributed by atoms with Gasteiger partial charge in [-0.25, -0.2) is 14.4 Å². The first-order valence-corrected chi connectivity index (χ1v) is 8.89. The molecule has 4 rings (SSSR count). The van der Waals surface area contributed by atoms with Gasteiger partial charge in [-0.3, -0.25) is 4.79 Å². The Labute approximate surface area is 156 Å². The molecule has 2 aliphatic heterocycles. The number of fused-ring (bicyclic) bond motifs is 1. The Balaban J connectivity index is 1.45. The highest BCUT2D eigenvalue weighted by Gasteiger charge is 2.33.